The number of aromatic nitrogens is 4. The molecule has 0 saturated heterocycles. The topological polar surface area (TPSA) is 66.5 Å². The lowest BCUT2D eigenvalue weighted by Gasteiger charge is -2.06. The summed E-state index contributed by atoms with van der Waals surface area (Å²) in [5, 5.41) is 11.0. The van der Waals surface area contributed by atoms with Crippen LogP contribution in [0.15, 0.2) is 36.5 Å². The fourth-order valence-corrected chi connectivity index (χ4v) is 1.89. The van der Waals surface area contributed by atoms with Crippen LogP contribution in [-0.4, -0.2) is 26.7 Å². The third-order valence-corrected chi connectivity index (χ3v) is 2.69. The standard InChI is InChI=1S/C13H13N5/c1-2-14-13-16-11(9-6-4-3-5-7-9)10-8-15-18-12(10)17-13/h3-8H,2H2,1H3,(H2,14,15,16,17,18). The number of nitrogens with zero attached hydrogens (tertiary/aromatic N) is 3. The predicted molar refractivity (Wildman–Crippen MR) is 71.3 cm³/mol. The summed E-state index contributed by atoms with van der Waals surface area (Å²) in [4.78, 5) is 8.92. The molecule has 0 aliphatic carbocycles. The van der Waals surface area contributed by atoms with Crippen molar-refractivity contribution < 1.29 is 0 Å². The van der Waals surface area contributed by atoms with E-state index in [9.17, 15) is 0 Å². The summed E-state index contributed by atoms with van der Waals surface area (Å²) in [5.41, 5.74) is 2.70. The first-order valence-corrected chi connectivity index (χ1v) is 5.89. The molecule has 2 N–H and O–H groups in total. The lowest BCUT2D eigenvalue weighted by Crippen LogP contribution is -2.03. The van der Waals surface area contributed by atoms with E-state index in [1.165, 1.54) is 0 Å². The molecule has 0 bridgehead atoms. The lowest BCUT2D eigenvalue weighted by molar-refractivity contribution is 1.07. The van der Waals surface area contributed by atoms with E-state index in [1.54, 1.807) is 6.20 Å². The maximum atomic E-state index is 4.55. The summed E-state index contributed by atoms with van der Waals surface area (Å²) >= 11 is 0. The fourth-order valence-electron chi connectivity index (χ4n) is 1.89. The number of hydrogen-bond acceptors (Lipinski definition) is 4. The van der Waals surface area contributed by atoms with E-state index >= 15 is 0 Å². The van der Waals surface area contributed by atoms with Crippen molar-refractivity contribution in [3.05, 3.63) is 36.5 Å². The lowest BCUT2D eigenvalue weighted by atomic mass is 10.1. The SMILES string of the molecule is CCNc1nc(-c2ccccc2)c2cn[nH]c2n1. The van der Waals surface area contributed by atoms with Crippen LogP contribution in [0.2, 0.25) is 0 Å². The molecule has 5 nitrogen and oxygen atoms in total. The second kappa shape index (κ2) is 4.44. The molecule has 0 radical (unpaired) electrons. The Morgan fingerprint density at radius 2 is 2.00 bits per heavy atom. The number of hydrogen-bond donors (Lipinski definition) is 2. The maximum absolute atomic E-state index is 4.55. The number of H-pyrrole nitrogens is 1. The summed E-state index contributed by atoms with van der Waals surface area (Å²) < 4.78 is 0. The van der Waals surface area contributed by atoms with Crippen molar-refractivity contribution in [2.75, 3.05) is 11.9 Å². The molecule has 18 heavy (non-hydrogen) atoms. The Hall–Kier alpha value is -2.43. The van der Waals surface area contributed by atoms with Gasteiger partial charge in [0.05, 0.1) is 17.3 Å². The molecule has 0 aliphatic heterocycles. The molecule has 90 valence electrons. The first-order chi connectivity index (χ1) is 8.88. The molecule has 0 unspecified atom stereocenters. The fraction of sp³-hybridized carbons (Fsp3) is 0.154. The molecule has 3 aromatic rings. The molecule has 5 heteroatoms. The molecular weight excluding hydrogens is 226 g/mol. The molecule has 0 atom stereocenters. The van der Waals surface area contributed by atoms with E-state index in [1.807, 2.05) is 37.3 Å². The summed E-state index contributed by atoms with van der Waals surface area (Å²) in [6, 6.07) is 10.0. The minimum atomic E-state index is 0.619. The molecule has 0 amide bonds. The Morgan fingerprint density at radius 3 is 2.78 bits per heavy atom. The highest BCUT2D eigenvalue weighted by Gasteiger charge is 2.10. The van der Waals surface area contributed by atoms with Crippen molar-refractivity contribution >= 4 is 17.0 Å². The quantitative estimate of drug-likeness (QED) is 0.736. The van der Waals surface area contributed by atoms with Gasteiger partial charge in [0.1, 0.15) is 0 Å². The van der Waals surface area contributed by atoms with Gasteiger partial charge in [-0.3, -0.25) is 5.10 Å². The van der Waals surface area contributed by atoms with Gasteiger partial charge in [-0.15, -0.1) is 0 Å². The number of benzene rings is 1. The normalized spacial score (nSPS) is 10.7. The second-order valence-electron chi connectivity index (χ2n) is 3.92. The van der Waals surface area contributed by atoms with Crippen LogP contribution in [0.3, 0.4) is 0 Å². The summed E-state index contributed by atoms with van der Waals surface area (Å²) in [7, 11) is 0. The van der Waals surface area contributed by atoms with Crippen LogP contribution in [0.5, 0.6) is 0 Å². The molecular formula is C13H13N5. The van der Waals surface area contributed by atoms with Crippen LogP contribution in [0.25, 0.3) is 22.3 Å². The van der Waals surface area contributed by atoms with Crippen LogP contribution >= 0.6 is 0 Å². The van der Waals surface area contributed by atoms with Crippen molar-refractivity contribution in [2.45, 2.75) is 6.92 Å². The van der Waals surface area contributed by atoms with Crippen LogP contribution in [0.4, 0.5) is 5.95 Å². The van der Waals surface area contributed by atoms with Gasteiger partial charge in [0.15, 0.2) is 5.65 Å². The van der Waals surface area contributed by atoms with Gasteiger partial charge in [-0.05, 0) is 6.92 Å². The Morgan fingerprint density at radius 1 is 1.17 bits per heavy atom. The molecule has 3 rings (SSSR count). The molecule has 0 spiro atoms. The number of rotatable bonds is 3. The predicted octanol–water partition coefficient (Wildman–Crippen LogP) is 2.45. The first-order valence-electron chi connectivity index (χ1n) is 5.89. The van der Waals surface area contributed by atoms with E-state index < -0.39 is 0 Å². The van der Waals surface area contributed by atoms with Gasteiger partial charge in [-0.2, -0.15) is 10.1 Å². The van der Waals surface area contributed by atoms with Gasteiger partial charge in [-0.1, -0.05) is 30.3 Å². The van der Waals surface area contributed by atoms with E-state index in [0.29, 0.717) is 5.95 Å². The molecule has 1 aromatic carbocycles. The highest BCUT2D eigenvalue weighted by molar-refractivity contribution is 5.90. The Kier molecular flexibility index (Phi) is 2.64. The van der Waals surface area contributed by atoms with Gasteiger partial charge in [0, 0.05) is 12.1 Å². The molecule has 0 fully saturated rings. The van der Waals surface area contributed by atoms with E-state index in [2.05, 4.69) is 25.5 Å². The van der Waals surface area contributed by atoms with Crippen LogP contribution in [0.1, 0.15) is 6.92 Å². The summed E-state index contributed by atoms with van der Waals surface area (Å²) in [6.07, 6.45) is 1.76. The largest absolute Gasteiger partial charge is 0.354 e. The van der Waals surface area contributed by atoms with Gasteiger partial charge in [0.2, 0.25) is 5.95 Å². The Bertz CT molecular complexity index is 659. The third kappa shape index (κ3) is 1.79. The maximum Gasteiger partial charge on any atom is 0.225 e. The first kappa shape index (κ1) is 10.7. The smallest absolute Gasteiger partial charge is 0.225 e. The summed E-state index contributed by atoms with van der Waals surface area (Å²) in [5.74, 6) is 0.619. The molecule has 0 saturated carbocycles. The van der Waals surface area contributed by atoms with Crippen LogP contribution in [0, 0.1) is 0 Å². The van der Waals surface area contributed by atoms with Crippen LogP contribution in [-0.2, 0) is 0 Å². The summed E-state index contributed by atoms with van der Waals surface area (Å²) in [6.45, 7) is 2.80. The zero-order valence-electron chi connectivity index (χ0n) is 10.0. The minimum absolute atomic E-state index is 0.619. The third-order valence-electron chi connectivity index (χ3n) is 2.69. The van der Waals surface area contributed by atoms with Crippen molar-refractivity contribution in [1.29, 1.82) is 0 Å². The van der Waals surface area contributed by atoms with E-state index in [4.69, 9.17) is 0 Å². The average Bonchev–Trinajstić information content (AvgIpc) is 2.87. The Labute approximate surface area is 104 Å². The van der Waals surface area contributed by atoms with E-state index in [0.717, 1.165) is 28.8 Å². The number of anilines is 1. The van der Waals surface area contributed by atoms with Crippen LogP contribution < -0.4 is 5.32 Å². The van der Waals surface area contributed by atoms with Gasteiger partial charge >= 0.3 is 0 Å². The minimum Gasteiger partial charge on any atom is -0.354 e. The zero-order chi connectivity index (χ0) is 12.4. The van der Waals surface area contributed by atoms with E-state index in [-0.39, 0.29) is 0 Å². The molecule has 2 heterocycles. The zero-order valence-corrected chi connectivity index (χ0v) is 10.0. The average molecular weight is 239 g/mol. The number of aromatic amines is 1. The Balaban J connectivity index is 2.23. The number of nitrogens with one attached hydrogen (secondary N) is 2. The van der Waals surface area contributed by atoms with Crippen molar-refractivity contribution in [3.63, 3.8) is 0 Å². The second-order valence-corrected chi connectivity index (χ2v) is 3.92. The monoisotopic (exact) mass is 239 g/mol. The van der Waals surface area contributed by atoms with Crippen molar-refractivity contribution in [3.8, 4) is 11.3 Å². The molecule has 0 aliphatic rings. The molecule has 2 aromatic heterocycles. The van der Waals surface area contributed by atoms with Gasteiger partial charge < -0.3 is 5.32 Å². The number of fused-ring (bicyclic) bond motifs is 1. The highest BCUT2D eigenvalue weighted by atomic mass is 15.2. The van der Waals surface area contributed by atoms with Crippen molar-refractivity contribution in [2.24, 2.45) is 0 Å². The van der Waals surface area contributed by atoms with Crippen molar-refractivity contribution in [1.82, 2.24) is 20.2 Å². The van der Waals surface area contributed by atoms with Gasteiger partial charge in [0.25, 0.3) is 0 Å². The van der Waals surface area contributed by atoms with Gasteiger partial charge in [-0.25, -0.2) is 4.98 Å². The highest BCUT2D eigenvalue weighted by Crippen LogP contribution is 2.25.